The topological polar surface area (TPSA) is 29.3 Å². The highest BCUT2D eigenvalue weighted by Gasteiger charge is 2.23. The van der Waals surface area contributed by atoms with Gasteiger partial charge in [-0.15, -0.1) is 0 Å². The third-order valence-corrected chi connectivity index (χ3v) is 4.59. The molecule has 1 atom stereocenters. The van der Waals surface area contributed by atoms with Crippen LogP contribution in [0.4, 0.5) is 4.39 Å². The molecule has 1 fully saturated rings. The maximum Gasteiger partial charge on any atom is 0.129 e. The highest BCUT2D eigenvalue weighted by molar-refractivity contribution is 9.10. The van der Waals surface area contributed by atoms with Gasteiger partial charge < -0.3 is 5.73 Å². The number of nitrogens with two attached hydrogens (primary N) is 1. The molecule has 19 heavy (non-hydrogen) atoms. The molecule has 1 aromatic carbocycles. The maximum atomic E-state index is 14.0. The molecule has 1 aliphatic carbocycles. The molecule has 1 aromatic rings. The summed E-state index contributed by atoms with van der Waals surface area (Å²) in [7, 11) is 2.05. The summed E-state index contributed by atoms with van der Waals surface area (Å²) in [6, 6.07) is 5.20. The molecule has 0 aliphatic heterocycles. The second kappa shape index (κ2) is 6.82. The van der Waals surface area contributed by atoms with Gasteiger partial charge in [0.1, 0.15) is 5.82 Å². The first-order valence-corrected chi connectivity index (χ1v) is 7.76. The highest BCUT2D eigenvalue weighted by atomic mass is 79.9. The van der Waals surface area contributed by atoms with E-state index in [1.54, 1.807) is 0 Å². The van der Waals surface area contributed by atoms with Crippen molar-refractivity contribution < 1.29 is 4.39 Å². The Labute approximate surface area is 123 Å². The highest BCUT2D eigenvalue weighted by Crippen LogP contribution is 2.29. The lowest BCUT2D eigenvalue weighted by atomic mass is 10.0. The first-order chi connectivity index (χ1) is 9.11. The van der Waals surface area contributed by atoms with E-state index in [2.05, 4.69) is 27.9 Å². The molecule has 0 radical (unpaired) electrons. The fourth-order valence-electron chi connectivity index (χ4n) is 3.04. The number of benzene rings is 1. The Morgan fingerprint density at radius 3 is 2.68 bits per heavy atom. The number of nitrogens with zero attached hydrogens (tertiary/aromatic N) is 1. The van der Waals surface area contributed by atoms with Crippen molar-refractivity contribution >= 4 is 15.9 Å². The molecule has 0 amide bonds. The zero-order chi connectivity index (χ0) is 13.8. The Kier molecular flexibility index (Phi) is 5.37. The smallest absolute Gasteiger partial charge is 0.129 e. The minimum absolute atomic E-state index is 0.0336. The lowest BCUT2D eigenvalue weighted by Crippen LogP contribution is -2.34. The lowest BCUT2D eigenvalue weighted by Gasteiger charge is -2.30. The predicted molar refractivity (Wildman–Crippen MR) is 80.5 cm³/mol. The van der Waals surface area contributed by atoms with E-state index < -0.39 is 0 Å². The molecule has 106 valence electrons. The van der Waals surface area contributed by atoms with Gasteiger partial charge in [-0.2, -0.15) is 0 Å². The van der Waals surface area contributed by atoms with Crippen molar-refractivity contribution in [3.05, 3.63) is 34.1 Å². The molecule has 0 heterocycles. The van der Waals surface area contributed by atoms with Crippen LogP contribution < -0.4 is 5.73 Å². The second-order valence-corrected chi connectivity index (χ2v) is 6.42. The predicted octanol–water partition coefficient (Wildman–Crippen LogP) is 3.71. The van der Waals surface area contributed by atoms with Gasteiger partial charge in [0.2, 0.25) is 0 Å². The van der Waals surface area contributed by atoms with Gasteiger partial charge >= 0.3 is 0 Å². The van der Waals surface area contributed by atoms with Crippen LogP contribution in [0.5, 0.6) is 0 Å². The van der Waals surface area contributed by atoms with Crippen LogP contribution in [-0.4, -0.2) is 25.0 Å². The number of hydrogen-bond donors (Lipinski definition) is 1. The van der Waals surface area contributed by atoms with E-state index in [9.17, 15) is 4.39 Å². The fraction of sp³-hybridized carbons (Fsp3) is 0.600. The lowest BCUT2D eigenvalue weighted by molar-refractivity contribution is 0.208. The monoisotopic (exact) mass is 328 g/mol. The zero-order valence-electron chi connectivity index (χ0n) is 11.4. The van der Waals surface area contributed by atoms with Crippen molar-refractivity contribution in [2.75, 3.05) is 20.1 Å². The molecule has 1 aliphatic rings. The Hall–Kier alpha value is -0.450. The van der Waals surface area contributed by atoms with Crippen LogP contribution in [0.1, 0.15) is 37.3 Å². The SMILES string of the molecule is CN(CC1CCCC1)C(CN)c1ccc(Br)cc1F. The summed E-state index contributed by atoms with van der Waals surface area (Å²) < 4.78 is 14.8. The second-order valence-electron chi connectivity index (χ2n) is 5.51. The molecule has 0 spiro atoms. The number of halogens is 2. The summed E-state index contributed by atoms with van der Waals surface area (Å²) in [6.45, 7) is 1.46. The zero-order valence-corrected chi connectivity index (χ0v) is 13.0. The summed E-state index contributed by atoms with van der Waals surface area (Å²) in [5, 5.41) is 0. The van der Waals surface area contributed by atoms with Crippen molar-refractivity contribution in [3.63, 3.8) is 0 Å². The molecule has 1 saturated carbocycles. The Balaban J connectivity index is 2.09. The van der Waals surface area contributed by atoms with Gasteiger partial charge in [0, 0.05) is 29.2 Å². The number of rotatable bonds is 5. The molecule has 2 N–H and O–H groups in total. The third kappa shape index (κ3) is 3.77. The van der Waals surface area contributed by atoms with Crippen LogP contribution in [0.2, 0.25) is 0 Å². The quantitative estimate of drug-likeness (QED) is 0.892. The Bertz CT molecular complexity index is 419. The van der Waals surface area contributed by atoms with Gasteiger partial charge in [0.15, 0.2) is 0 Å². The molecule has 1 unspecified atom stereocenters. The molecular weight excluding hydrogens is 307 g/mol. The molecule has 4 heteroatoms. The average molecular weight is 329 g/mol. The summed E-state index contributed by atoms with van der Waals surface area (Å²) in [5.41, 5.74) is 6.57. The third-order valence-electron chi connectivity index (χ3n) is 4.10. The van der Waals surface area contributed by atoms with E-state index in [4.69, 9.17) is 5.73 Å². The first kappa shape index (κ1) is 14.9. The number of likely N-dealkylation sites (N-methyl/N-ethyl adjacent to an activating group) is 1. The van der Waals surface area contributed by atoms with E-state index in [1.807, 2.05) is 12.1 Å². The van der Waals surface area contributed by atoms with Crippen molar-refractivity contribution in [2.24, 2.45) is 11.7 Å². The van der Waals surface area contributed by atoms with Crippen LogP contribution in [0.15, 0.2) is 22.7 Å². The van der Waals surface area contributed by atoms with Crippen molar-refractivity contribution in [1.82, 2.24) is 4.90 Å². The number of hydrogen-bond acceptors (Lipinski definition) is 2. The summed E-state index contributed by atoms with van der Waals surface area (Å²) in [4.78, 5) is 2.21. The molecule has 0 bridgehead atoms. The van der Waals surface area contributed by atoms with Gasteiger partial charge in [-0.3, -0.25) is 4.90 Å². The Morgan fingerprint density at radius 2 is 2.11 bits per heavy atom. The van der Waals surface area contributed by atoms with Crippen molar-refractivity contribution in [3.8, 4) is 0 Å². The van der Waals surface area contributed by atoms with Crippen LogP contribution in [0.25, 0.3) is 0 Å². The van der Waals surface area contributed by atoms with Gasteiger partial charge in [-0.25, -0.2) is 4.39 Å². The fourth-order valence-corrected chi connectivity index (χ4v) is 3.38. The van der Waals surface area contributed by atoms with E-state index in [0.29, 0.717) is 12.1 Å². The summed E-state index contributed by atoms with van der Waals surface area (Å²) in [6.07, 6.45) is 5.26. The van der Waals surface area contributed by atoms with Crippen molar-refractivity contribution in [1.29, 1.82) is 0 Å². The van der Waals surface area contributed by atoms with Crippen LogP contribution >= 0.6 is 15.9 Å². The largest absolute Gasteiger partial charge is 0.329 e. The molecule has 0 saturated heterocycles. The molecular formula is C15H22BrFN2. The van der Waals surface area contributed by atoms with Gasteiger partial charge in [-0.1, -0.05) is 34.8 Å². The Morgan fingerprint density at radius 1 is 1.42 bits per heavy atom. The maximum absolute atomic E-state index is 14.0. The van der Waals surface area contributed by atoms with Crippen LogP contribution in [-0.2, 0) is 0 Å². The van der Waals surface area contributed by atoms with E-state index in [1.165, 1.54) is 31.7 Å². The average Bonchev–Trinajstić information content (AvgIpc) is 2.85. The van der Waals surface area contributed by atoms with Gasteiger partial charge in [-0.05, 0) is 37.9 Å². The molecule has 2 nitrogen and oxygen atoms in total. The van der Waals surface area contributed by atoms with Gasteiger partial charge in [0.25, 0.3) is 0 Å². The van der Waals surface area contributed by atoms with E-state index in [0.717, 1.165) is 16.9 Å². The minimum atomic E-state index is -0.178. The normalized spacial score (nSPS) is 18.2. The van der Waals surface area contributed by atoms with Gasteiger partial charge in [0.05, 0.1) is 0 Å². The van der Waals surface area contributed by atoms with Crippen molar-refractivity contribution in [2.45, 2.75) is 31.7 Å². The summed E-state index contributed by atoms with van der Waals surface area (Å²) >= 11 is 3.29. The molecule has 2 rings (SSSR count). The van der Waals surface area contributed by atoms with E-state index >= 15 is 0 Å². The van der Waals surface area contributed by atoms with Crippen LogP contribution in [0.3, 0.4) is 0 Å². The summed E-state index contributed by atoms with van der Waals surface area (Å²) in [5.74, 6) is 0.570. The molecule has 0 aromatic heterocycles. The van der Waals surface area contributed by atoms with Crippen LogP contribution in [0, 0.1) is 11.7 Å². The minimum Gasteiger partial charge on any atom is -0.329 e. The van der Waals surface area contributed by atoms with E-state index in [-0.39, 0.29) is 11.9 Å². The first-order valence-electron chi connectivity index (χ1n) is 6.97. The standard InChI is InChI=1S/C15H22BrFN2/c1-19(10-11-4-2-3-5-11)15(9-18)13-7-6-12(16)8-14(13)17/h6-8,11,15H,2-5,9-10,18H2,1H3.